The number of esters is 1. The zero-order valence-electron chi connectivity index (χ0n) is 16.8. The maximum atomic E-state index is 12.2. The van der Waals surface area contributed by atoms with E-state index in [1.807, 2.05) is 48.5 Å². The van der Waals surface area contributed by atoms with Gasteiger partial charge in [-0.05, 0) is 42.0 Å². The molecule has 0 fully saturated rings. The first kappa shape index (κ1) is 21.3. The van der Waals surface area contributed by atoms with Gasteiger partial charge in [-0.3, -0.25) is 14.4 Å². The number of carbonyl (C=O) groups is 3. The molecule has 30 heavy (non-hydrogen) atoms. The Kier molecular flexibility index (Phi) is 7.78. The molecule has 2 N–H and O–H groups in total. The summed E-state index contributed by atoms with van der Waals surface area (Å²) in [5.74, 6) is -1.14. The number of aryl methyl sites for hydroxylation is 1. The second kappa shape index (κ2) is 11.0. The Balaban J connectivity index is 1.33. The monoisotopic (exact) mass is 406 g/mol. The molecule has 156 valence electrons. The third-order valence-corrected chi connectivity index (χ3v) is 4.92. The smallest absolute Gasteiger partial charge is 0.308 e. The fraction of sp³-hybridized carbons (Fsp3) is 0.292. The highest BCUT2D eigenvalue weighted by atomic mass is 16.5. The van der Waals surface area contributed by atoms with Crippen molar-refractivity contribution in [2.24, 2.45) is 0 Å². The molecule has 0 radical (unpaired) electrons. The zero-order valence-corrected chi connectivity index (χ0v) is 16.8. The summed E-state index contributed by atoms with van der Waals surface area (Å²) in [5, 5.41) is 5.56. The number of amides is 2. The van der Waals surface area contributed by atoms with Crippen LogP contribution < -0.4 is 10.6 Å². The van der Waals surface area contributed by atoms with Crippen LogP contribution in [0.25, 0.3) is 6.08 Å². The number of nitrogens with one attached hydrogen (secondary N) is 2. The van der Waals surface area contributed by atoms with Gasteiger partial charge in [-0.1, -0.05) is 54.6 Å². The maximum Gasteiger partial charge on any atom is 0.308 e. The minimum atomic E-state index is -0.526. The summed E-state index contributed by atoms with van der Waals surface area (Å²) >= 11 is 0. The van der Waals surface area contributed by atoms with E-state index in [9.17, 15) is 14.4 Å². The van der Waals surface area contributed by atoms with Crippen molar-refractivity contribution in [1.29, 1.82) is 0 Å². The Hall–Kier alpha value is -3.41. The van der Waals surface area contributed by atoms with Gasteiger partial charge in [0.25, 0.3) is 5.91 Å². The average Bonchev–Trinajstić information content (AvgIpc) is 2.77. The van der Waals surface area contributed by atoms with Crippen LogP contribution in [-0.2, 0) is 25.5 Å². The van der Waals surface area contributed by atoms with Gasteiger partial charge in [0.15, 0.2) is 6.61 Å². The standard InChI is InChI=1S/C24H26N2O4/c27-22(14-13-18-7-2-1-3-8-18)25-16-15-24(29)30-17-23(28)26-21-12-6-10-19-9-4-5-11-20(19)21/h1-5,7-9,11,13-14,21H,6,10,12,15-17H2,(H,25,27)(H,26,28)/b14-13+/t21-/m0/s1. The van der Waals surface area contributed by atoms with E-state index in [2.05, 4.69) is 16.7 Å². The lowest BCUT2D eigenvalue weighted by Gasteiger charge is -2.26. The molecule has 1 aliphatic carbocycles. The van der Waals surface area contributed by atoms with Crippen molar-refractivity contribution >= 4 is 23.9 Å². The van der Waals surface area contributed by atoms with E-state index in [0.29, 0.717) is 0 Å². The van der Waals surface area contributed by atoms with Gasteiger partial charge in [-0.25, -0.2) is 0 Å². The van der Waals surface area contributed by atoms with E-state index in [1.54, 1.807) is 6.08 Å². The second-order valence-corrected chi connectivity index (χ2v) is 7.16. The molecular weight excluding hydrogens is 380 g/mol. The Morgan fingerprint density at radius 2 is 1.80 bits per heavy atom. The first-order valence-electron chi connectivity index (χ1n) is 10.2. The maximum absolute atomic E-state index is 12.2. The number of carbonyl (C=O) groups excluding carboxylic acids is 3. The number of rotatable bonds is 8. The molecule has 0 saturated heterocycles. The van der Waals surface area contributed by atoms with Gasteiger partial charge in [0, 0.05) is 12.6 Å². The van der Waals surface area contributed by atoms with Crippen LogP contribution >= 0.6 is 0 Å². The molecule has 1 aliphatic rings. The largest absolute Gasteiger partial charge is 0.456 e. The molecule has 2 amide bonds. The summed E-state index contributed by atoms with van der Waals surface area (Å²) in [4.78, 5) is 35.8. The van der Waals surface area contributed by atoms with Crippen molar-refractivity contribution in [3.63, 3.8) is 0 Å². The average molecular weight is 406 g/mol. The van der Waals surface area contributed by atoms with Crippen LogP contribution in [0.3, 0.4) is 0 Å². The van der Waals surface area contributed by atoms with E-state index in [-0.39, 0.29) is 37.4 Å². The number of ether oxygens (including phenoxy) is 1. The number of benzene rings is 2. The fourth-order valence-corrected chi connectivity index (χ4v) is 3.44. The van der Waals surface area contributed by atoms with Crippen molar-refractivity contribution in [3.05, 3.63) is 77.4 Å². The van der Waals surface area contributed by atoms with E-state index < -0.39 is 5.97 Å². The molecule has 1 atom stereocenters. The Morgan fingerprint density at radius 3 is 2.63 bits per heavy atom. The van der Waals surface area contributed by atoms with Gasteiger partial charge in [0.2, 0.25) is 5.91 Å². The predicted octanol–water partition coefficient (Wildman–Crippen LogP) is 2.94. The molecule has 0 aliphatic heterocycles. The normalized spacial score (nSPS) is 15.3. The number of hydrogen-bond donors (Lipinski definition) is 2. The van der Waals surface area contributed by atoms with Crippen molar-refractivity contribution in [2.75, 3.05) is 13.2 Å². The summed E-state index contributed by atoms with van der Waals surface area (Å²) in [6, 6.07) is 17.5. The molecule has 0 saturated carbocycles. The molecule has 2 aromatic rings. The lowest BCUT2D eigenvalue weighted by Crippen LogP contribution is -2.34. The Morgan fingerprint density at radius 1 is 1.03 bits per heavy atom. The highest BCUT2D eigenvalue weighted by molar-refractivity contribution is 5.91. The van der Waals surface area contributed by atoms with E-state index in [0.717, 1.165) is 30.4 Å². The lowest BCUT2D eigenvalue weighted by atomic mass is 9.88. The highest BCUT2D eigenvalue weighted by Crippen LogP contribution is 2.29. The number of fused-ring (bicyclic) bond motifs is 1. The Labute approximate surface area is 176 Å². The molecule has 0 spiro atoms. The molecule has 0 aromatic heterocycles. The van der Waals surface area contributed by atoms with Crippen molar-refractivity contribution in [1.82, 2.24) is 10.6 Å². The molecular formula is C24H26N2O4. The second-order valence-electron chi connectivity index (χ2n) is 7.16. The minimum Gasteiger partial charge on any atom is -0.456 e. The van der Waals surface area contributed by atoms with Crippen LogP contribution in [0.4, 0.5) is 0 Å². The molecule has 6 heteroatoms. The van der Waals surface area contributed by atoms with E-state index >= 15 is 0 Å². The Bertz CT molecular complexity index is 908. The molecule has 3 rings (SSSR count). The van der Waals surface area contributed by atoms with E-state index in [4.69, 9.17) is 4.74 Å². The summed E-state index contributed by atoms with van der Waals surface area (Å²) in [7, 11) is 0. The van der Waals surface area contributed by atoms with Crippen LogP contribution in [0.1, 0.15) is 42.0 Å². The van der Waals surface area contributed by atoms with Crippen LogP contribution in [0, 0.1) is 0 Å². The summed E-state index contributed by atoms with van der Waals surface area (Å²) in [5.41, 5.74) is 3.30. The fourth-order valence-electron chi connectivity index (χ4n) is 3.44. The minimum absolute atomic E-state index is 0.00442. The van der Waals surface area contributed by atoms with Gasteiger partial charge >= 0.3 is 5.97 Å². The van der Waals surface area contributed by atoms with Crippen molar-refractivity contribution in [3.8, 4) is 0 Å². The predicted molar refractivity (Wildman–Crippen MR) is 114 cm³/mol. The first-order valence-corrected chi connectivity index (χ1v) is 10.2. The zero-order chi connectivity index (χ0) is 21.2. The van der Waals surface area contributed by atoms with Gasteiger partial charge in [-0.2, -0.15) is 0 Å². The highest BCUT2D eigenvalue weighted by Gasteiger charge is 2.21. The third kappa shape index (κ3) is 6.58. The summed E-state index contributed by atoms with van der Waals surface area (Å²) in [6.45, 7) is -0.173. The number of hydrogen-bond acceptors (Lipinski definition) is 4. The SMILES string of the molecule is O=C(/C=C/c1ccccc1)NCCC(=O)OCC(=O)N[C@H]1CCCc2ccccc21. The van der Waals surface area contributed by atoms with Crippen molar-refractivity contribution in [2.45, 2.75) is 31.7 Å². The van der Waals surface area contributed by atoms with Gasteiger partial charge in [0.1, 0.15) is 0 Å². The van der Waals surface area contributed by atoms with E-state index in [1.165, 1.54) is 11.6 Å². The molecule has 0 unspecified atom stereocenters. The molecule has 6 nitrogen and oxygen atoms in total. The van der Waals surface area contributed by atoms with Gasteiger partial charge in [0.05, 0.1) is 12.5 Å². The summed E-state index contributed by atoms with van der Waals surface area (Å²) in [6.07, 6.45) is 6.02. The van der Waals surface area contributed by atoms with Gasteiger partial charge < -0.3 is 15.4 Å². The summed E-state index contributed by atoms with van der Waals surface area (Å²) < 4.78 is 5.02. The first-order chi connectivity index (χ1) is 14.6. The lowest BCUT2D eigenvalue weighted by molar-refractivity contribution is -0.148. The molecule has 2 aromatic carbocycles. The van der Waals surface area contributed by atoms with Crippen molar-refractivity contribution < 1.29 is 19.1 Å². The quantitative estimate of drug-likeness (QED) is 0.521. The van der Waals surface area contributed by atoms with Crippen LogP contribution in [-0.4, -0.2) is 30.9 Å². The molecule has 0 bridgehead atoms. The van der Waals surface area contributed by atoms with Crippen LogP contribution in [0.2, 0.25) is 0 Å². The third-order valence-electron chi connectivity index (χ3n) is 4.92. The van der Waals surface area contributed by atoms with Crippen LogP contribution in [0.15, 0.2) is 60.7 Å². The van der Waals surface area contributed by atoms with Crippen LogP contribution in [0.5, 0.6) is 0 Å². The molecule has 0 heterocycles. The van der Waals surface area contributed by atoms with Gasteiger partial charge in [-0.15, -0.1) is 0 Å². The topological polar surface area (TPSA) is 84.5 Å².